The van der Waals surface area contributed by atoms with E-state index in [1.54, 1.807) is 0 Å². The van der Waals surface area contributed by atoms with Crippen LogP contribution < -0.4 is 0 Å². The highest BCUT2D eigenvalue weighted by molar-refractivity contribution is 5.27. The average Bonchev–Trinajstić information content (AvgIpc) is 2.30. The molecule has 5 unspecified atom stereocenters. The second-order valence-electron chi connectivity index (χ2n) is 4.53. The fourth-order valence-electron chi connectivity index (χ4n) is 3.62. The maximum Gasteiger partial charge on any atom is 0.118 e. The van der Waals surface area contributed by atoms with Crippen LogP contribution in [0.3, 0.4) is 0 Å². The Bertz CT molecular complexity index is 231. The summed E-state index contributed by atoms with van der Waals surface area (Å²) in [5.74, 6) is 0.542. The molecule has 0 aromatic heterocycles. The monoisotopic (exact) mass is 173 g/mol. The molecular formula is C9H13F2N. The molecule has 1 spiro atoms. The summed E-state index contributed by atoms with van der Waals surface area (Å²) in [5, 5.41) is 0. The Morgan fingerprint density at radius 1 is 1.33 bits per heavy atom. The van der Waals surface area contributed by atoms with Crippen LogP contribution >= 0.6 is 0 Å². The zero-order chi connectivity index (χ0) is 8.51. The summed E-state index contributed by atoms with van der Waals surface area (Å²) < 4.78 is 26.3. The molecule has 0 N–H and O–H groups in total. The number of alkyl halides is 2. The molecule has 0 aromatic carbocycles. The molecule has 12 heavy (non-hydrogen) atoms. The molecule has 0 aromatic rings. The average molecular weight is 173 g/mol. The molecule has 1 aliphatic carbocycles. The van der Waals surface area contributed by atoms with Gasteiger partial charge in [0.15, 0.2) is 0 Å². The van der Waals surface area contributed by atoms with Crippen LogP contribution in [0.1, 0.15) is 13.3 Å². The van der Waals surface area contributed by atoms with Gasteiger partial charge in [-0.05, 0) is 12.3 Å². The molecule has 68 valence electrons. The predicted octanol–water partition coefficient (Wildman–Crippen LogP) is 1.39. The van der Waals surface area contributed by atoms with Crippen molar-refractivity contribution in [3.8, 4) is 0 Å². The van der Waals surface area contributed by atoms with Crippen LogP contribution in [0.25, 0.3) is 0 Å². The fourth-order valence-corrected chi connectivity index (χ4v) is 3.62. The number of nitrogens with zero attached hydrogens (tertiary/aromatic N) is 1. The quantitative estimate of drug-likeness (QED) is 0.535. The van der Waals surface area contributed by atoms with Crippen molar-refractivity contribution in [2.45, 2.75) is 31.2 Å². The van der Waals surface area contributed by atoms with Gasteiger partial charge in [-0.25, -0.2) is 8.78 Å². The summed E-state index contributed by atoms with van der Waals surface area (Å²) in [7, 11) is 0. The molecule has 2 saturated heterocycles. The van der Waals surface area contributed by atoms with Crippen LogP contribution in [0, 0.1) is 11.8 Å². The summed E-state index contributed by atoms with van der Waals surface area (Å²) in [6.07, 6.45) is -0.809. The highest BCUT2D eigenvalue weighted by atomic mass is 19.1. The van der Waals surface area contributed by atoms with Gasteiger partial charge in [0.05, 0.1) is 0 Å². The molecule has 3 fully saturated rings. The van der Waals surface area contributed by atoms with E-state index in [0.717, 1.165) is 0 Å². The third-order valence-electron chi connectivity index (χ3n) is 4.14. The molecule has 2 aliphatic heterocycles. The number of hydrogen-bond donors (Lipinski definition) is 0. The van der Waals surface area contributed by atoms with Crippen LogP contribution in [0.5, 0.6) is 0 Å². The van der Waals surface area contributed by atoms with Crippen molar-refractivity contribution < 1.29 is 8.78 Å². The molecule has 5 atom stereocenters. The lowest BCUT2D eigenvalue weighted by atomic mass is 10.1. The Morgan fingerprint density at radius 3 is 2.67 bits per heavy atom. The first-order chi connectivity index (χ1) is 5.66. The van der Waals surface area contributed by atoms with Crippen molar-refractivity contribution in [2.24, 2.45) is 11.8 Å². The molecule has 3 heteroatoms. The van der Waals surface area contributed by atoms with Gasteiger partial charge in [-0.1, -0.05) is 6.92 Å². The van der Waals surface area contributed by atoms with Gasteiger partial charge in [-0.2, -0.15) is 0 Å². The van der Waals surface area contributed by atoms with Crippen molar-refractivity contribution in [2.75, 3.05) is 13.1 Å². The zero-order valence-corrected chi connectivity index (χ0v) is 7.13. The Labute approximate surface area is 70.7 Å². The highest BCUT2D eigenvalue weighted by Crippen LogP contribution is 2.66. The van der Waals surface area contributed by atoms with Crippen molar-refractivity contribution in [1.29, 1.82) is 0 Å². The molecule has 0 amide bonds. The third kappa shape index (κ3) is 0.563. The minimum Gasteiger partial charge on any atom is -0.291 e. The maximum atomic E-state index is 13.3. The summed E-state index contributed by atoms with van der Waals surface area (Å²) in [6.45, 7) is 3.01. The summed E-state index contributed by atoms with van der Waals surface area (Å²) in [6, 6.07) is 0. The van der Waals surface area contributed by atoms with E-state index in [4.69, 9.17) is 0 Å². The fraction of sp³-hybridized carbons (Fsp3) is 1.00. The van der Waals surface area contributed by atoms with Crippen LogP contribution in [0.15, 0.2) is 0 Å². The van der Waals surface area contributed by atoms with E-state index >= 15 is 0 Å². The minimum atomic E-state index is -0.704. The van der Waals surface area contributed by atoms with Gasteiger partial charge in [0.25, 0.3) is 0 Å². The van der Waals surface area contributed by atoms with Gasteiger partial charge in [-0.3, -0.25) is 4.90 Å². The van der Waals surface area contributed by atoms with E-state index in [2.05, 4.69) is 6.92 Å². The SMILES string of the molecule is CC1C2C(F)CN3CC(F)CC123. The molecule has 3 rings (SSSR count). The Balaban J connectivity index is 1.93. The smallest absolute Gasteiger partial charge is 0.118 e. The van der Waals surface area contributed by atoms with Gasteiger partial charge >= 0.3 is 0 Å². The largest absolute Gasteiger partial charge is 0.291 e. The molecular weight excluding hydrogens is 160 g/mol. The van der Waals surface area contributed by atoms with Crippen LogP contribution in [0.2, 0.25) is 0 Å². The van der Waals surface area contributed by atoms with E-state index in [-0.39, 0.29) is 11.5 Å². The first-order valence-corrected chi connectivity index (χ1v) is 4.69. The molecule has 0 bridgehead atoms. The van der Waals surface area contributed by atoms with Crippen molar-refractivity contribution in [3.63, 3.8) is 0 Å². The number of piperidine rings is 1. The third-order valence-corrected chi connectivity index (χ3v) is 4.14. The second kappa shape index (κ2) is 1.84. The summed E-state index contributed by atoms with van der Waals surface area (Å²) >= 11 is 0. The van der Waals surface area contributed by atoms with Crippen LogP contribution in [-0.4, -0.2) is 35.9 Å². The van der Waals surface area contributed by atoms with Crippen molar-refractivity contribution in [1.82, 2.24) is 4.90 Å². The lowest BCUT2D eigenvalue weighted by Gasteiger charge is -2.19. The van der Waals surface area contributed by atoms with Crippen molar-refractivity contribution >= 4 is 0 Å². The van der Waals surface area contributed by atoms with E-state index < -0.39 is 12.3 Å². The molecule has 2 heterocycles. The molecule has 1 nitrogen and oxygen atoms in total. The van der Waals surface area contributed by atoms with E-state index in [1.165, 1.54) is 0 Å². The van der Waals surface area contributed by atoms with Crippen LogP contribution in [0.4, 0.5) is 8.78 Å². The second-order valence-corrected chi connectivity index (χ2v) is 4.53. The lowest BCUT2D eigenvalue weighted by molar-refractivity contribution is 0.204. The minimum absolute atomic E-state index is 0.0428. The zero-order valence-electron chi connectivity index (χ0n) is 7.13. The number of hydrogen-bond acceptors (Lipinski definition) is 1. The predicted molar refractivity (Wildman–Crippen MR) is 41.4 cm³/mol. The molecule has 0 radical (unpaired) electrons. The van der Waals surface area contributed by atoms with Crippen LogP contribution in [-0.2, 0) is 0 Å². The standard InChI is InChI=1S/C9H13F2N/c1-5-8-7(11)4-12-3-6(10)2-9(5,8)12/h5-8H,2-4H2,1H3. The van der Waals surface area contributed by atoms with Gasteiger partial charge in [0.1, 0.15) is 12.3 Å². The van der Waals surface area contributed by atoms with Crippen molar-refractivity contribution in [3.05, 3.63) is 0 Å². The topological polar surface area (TPSA) is 3.24 Å². The van der Waals surface area contributed by atoms with Gasteiger partial charge in [-0.15, -0.1) is 0 Å². The maximum absolute atomic E-state index is 13.3. The number of halogens is 2. The molecule has 3 aliphatic rings. The van der Waals surface area contributed by atoms with Gasteiger partial charge < -0.3 is 0 Å². The molecule has 1 saturated carbocycles. The first-order valence-electron chi connectivity index (χ1n) is 4.69. The summed E-state index contributed by atoms with van der Waals surface area (Å²) in [4.78, 5) is 2.04. The van der Waals surface area contributed by atoms with Gasteiger partial charge in [0.2, 0.25) is 0 Å². The number of rotatable bonds is 0. The lowest BCUT2D eigenvalue weighted by Crippen LogP contribution is -2.31. The van der Waals surface area contributed by atoms with Gasteiger partial charge in [0, 0.05) is 24.5 Å². The van der Waals surface area contributed by atoms with E-state index in [9.17, 15) is 8.78 Å². The first kappa shape index (κ1) is 7.25. The van der Waals surface area contributed by atoms with E-state index in [1.807, 2.05) is 4.90 Å². The normalized spacial score (nSPS) is 63.2. The summed E-state index contributed by atoms with van der Waals surface area (Å²) in [5.41, 5.74) is -0.0428. The Morgan fingerprint density at radius 2 is 2.08 bits per heavy atom. The van der Waals surface area contributed by atoms with E-state index in [0.29, 0.717) is 25.4 Å². The Kier molecular flexibility index (Phi) is 1.11. The Hall–Kier alpha value is -0.180. The highest BCUT2D eigenvalue weighted by Gasteiger charge is 2.75.